The van der Waals surface area contributed by atoms with E-state index in [1.807, 2.05) is 5.43 Å². The number of hydrogen-bond donors (Lipinski definition) is 2. The first-order valence-electron chi connectivity index (χ1n) is 8.38. The maximum absolute atomic E-state index is 14.7. The lowest BCUT2D eigenvalue weighted by molar-refractivity contribution is -0.139. The lowest BCUT2D eigenvalue weighted by Gasteiger charge is -2.19. The fourth-order valence-corrected chi connectivity index (χ4v) is 3.36. The summed E-state index contributed by atoms with van der Waals surface area (Å²) in [5.74, 6) is -4.62. The van der Waals surface area contributed by atoms with Crippen LogP contribution in [0, 0.1) is 0 Å². The number of rotatable bonds is 4. The van der Waals surface area contributed by atoms with Crippen molar-refractivity contribution in [2.24, 2.45) is 0 Å². The van der Waals surface area contributed by atoms with Gasteiger partial charge >= 0.3 is 12.3 Å². The summed E-state index contributed by atoms with van der Waals surface area (Å²) in [6, 6.07) is 4.84. The minimum absolute atomic E-state index is 0.142. The van der Waals surface area contributed by atoms with E-state index in [4.69, 9.17) is 51.5 Å². The molecule has 0 fully saturated rings. The number of carboxylic acid groups (broad SMARTS) is 1. The quantitative estimate of drug-likeness (QED) is 0.248. The van der Waals surface area contributed by atoms with Gasteiger partial charge in [0.15, 0.2) is 0 Å². The Balaban J connectivity index is 2.42. The molecule has 1 atom stereocenters. The number of allylic oxidation sites excluding steroid dienone is 1. The average molecular weight is 534 g/mol. The van der Waals surface area contributed by atoms with Crippen LogP contribution in [-0.2, 0) is 0 Å². The molecule has 0 saturated carbocycles. The van der Waals surface area contributed by atoms with Gasteiger partial charge in [0, 0.05) is 12.6 Å². The van der Waals surface area contributed by atoms with Crippen molar-refractivity contribution in [3.8, 4) is 0 Å². The normalized spacial score (nSPS) is 13.0. The minimum atomic E-state index is -4.90. The van der Waals surface area contributed by atoms with E-state index < -0.39 is 35.5 Å². The van der Waals surface area contributed by atoms with Crippen LogP contribution < -0.4 is 5.43 Å². The van der Waals surface area contributed by atoms with Crippen molar-refractivity contribution in [3.63, 3.8) is 0 Å². The van der Waals surface area contributed by atoms with Crippen LogP contribution in [0.25, 0.3) is 5.83 Å². The predicted molar refractivity (Wildman–Crippen MR) is 114 cm³/mol. The van der Waals surface area contributed by atoms with E-state index in [0.29, 0.717) is 11.1 Å². The highest BCUT2D eigenvalue weighted by atomic mass is 35.5. The molecule has 5 nitrogen and oxygen atoms in total. The third kappa shape index (κ3) is 6.19. The Morgan fingerprint density at radius 3 is 2.09 bits per heavy atom. The number of amides is 2. The number of halogens is 8. The summed E-state index contributed by atoms with van der Waals surface area (Å²) in [5.41, 5.74) is 0.981. The minimum Gasteiger partial charge on any atom is -0.464 e. The van der Waals surface area contributed by atoms with Crippen molar-refractivity contribution < 1.29 is 32.3 Å². The predicted octanol–water partition coefficient (Wildman–Crippen LogP) is 7.21. The standard InChI is InChI=1S/C19H12Cl4F4N2O3/c1-29(18(31)32)28-17(30)10-3-2-8(4-12(10)20)15(24)7-11(19(25,26)27)9-5-13(21)16(23)14(22)6-9/h2-7,11H,1H3,(H,28,30)(H,31,32). The number of carbonyl (C=O) groups is 2. The van der Waals surface area contributed by atoms with E-state index in [1.54, 1.807) is 0 Å². The van der Waals surface area contributed by atoms with E-state index in [0.717, 1.165) is 37.4 Å². The molecule has 2 aromatic rings. The van der Waals surface area contributed by atoms with Gasteiger partial charge in [-0.25, -0.2) is 14.2 Å². The van der Waals surface area contributed by atoms with Crippen LogP contribution in [0.3, 0.4) is 0 Å². The number of alkyl halides is 3. The number of benzene rings is 2. The van der Waals surface area contributed by atoms with E-state index >= 15 is 0 Å². The maximum Gasteiger partial charge on any atom is 0.425 e. The Kier molecular flexibility index (Phi) is 8.27. The van der Waals surface area contributed by atoms with Gasteiger partial charge in [-0.1, -0.05) is 52.5 Å². The van der Waals surface area contributed by atoms with Gasteiger partial charge < -0.3 is 5.11 Å². The topological polar surface area (TPSA) is 69.6 Å². The van der Waals surface area contributed by atoms with Crippen LogP contribution in [0.4, 0.5) is 22.4 Å². The molecule has 2 rings (SSSR count). The molecule has 0 aliphatic rings. The highest BCUT2D eigenvalue weighted by Crippen LogP contribution is 2.42. The van der Waals surface area contributed by atoms with Gasteiger partial charge in [-0.2, -0.15) is 13.2 Å². The zero-order chi connectivity index (χ0) is 24.4. The second-order valence-corrected chi connectivity index (χ2v) is 7.91. The van der Waals surface area contributed by atoms with Crippen molar-refractivity contribution in [2.45, 2.75) is 12.1 Å². The van der Waals surface area contributed by atoms with Crippen molar-refractivity contribution in [2.75, 3.05) is 7.05 Å². The molecule has 0 aromatic heterocycles. The van der Waals surface area contributed by atoms with Gasteiger partial charge in [-0.05, 0) is 35.9 Å². The summed E-state index contributed by atoms with van der Waals surface area (Å²) in [5, 5.41) is 8.30. The first-order valence-corrected chi connectivity index (χ1v) is 9.89. The molecular formula is C19H12Cl4F4N2O3. The van der Waals surface area contributed by atoms with Gasteiger partial charge in [-0.3, -0.25) is 10.2 Å². The highest BCUT2D eigenvalue weighted by molar-refractivity contribution is 6.48. The largest absolute Gasteiger partial charge is 0.464 e. The van der Waals surface area contributed by atoms with E-state index in [-0.39, 0.29) is 31.2 Å². The van der Waals surface area contributed by atoms with Crippen LogP contribution in [0.5, 0.6) is 0 Å². The third-order valence-electron chi connectivity index (χ3n) is 4.08. The molecule has 2 N–H and O–H groups in total. The fourth-order valence-electron chi connectivity index (χ4n) is 2.49. The van der Waals surface area contributed by atoms with Gasteiger partial charge in [0.1, 0.15) is 11.7 Å². The first kappa shape index (κ1) is 26.1. The number of nitrogens with one attached hydrogen (secondary N) is 1. The second kappa shape index (κ2) is 10.2. The number of hydrazine groups is 1. The lowest BCUT2D eigenvalue weighted by atomic mass is 9.96. The first-order chi connectivity index (χ1) is 14.7. The molecule has 2 aromatic carbocycles. The van der Waals surface area contributed by atoms with Crippen molar-refractivity contribution in [1.82, 2.24) is 10.4 Å². The number of nitrogens with zero attached hydrogens (tertiary/aromatic N) is 1. The van der Waals surface area contributed by atoms with Gasteiger partial charge in [0.2, 0.25) is 0 Å². The second-order valence-electron chi connectivity index (χ2n) is 6.31. The molecule has 172 valence electrons. The Bertz CT molecular complexity index is 1070. The zero-order valence-corrected chi connectivity index (χ0v) is 18.8. The van der Waals surface area contributed by atoms with Gasteiger partial charge in [0.25, 0.3) is 5.91 Å². The summed E-state index contributed by atoms with van der Waals surface area (Å²) in [7, 11) is 1.05. The molecule has 0 aliphatic heterocycles. The lowest BCUT2D eigenvalue weighted by Crippen LogP contribution is -2.42. The molecule has 0 bridgehead atoms. The maximum atomic E-state index is 14.7. The summed E-state index contributed by atoms with van der Waals surface area (Å²) in [6.45, 7) is 0. The third-order valence-corrected chi connectivity index (χ3v) is 5.59. The van der Waals surface area contributed by atoms with Crippen LogP contribution in [0.2, 0.25) is 20.1 Å². The van der Waals surface area contributed by atoms with Crippen molar-refractivity contribution >= 4 is 64.2 Å². The molecule has 32 heavy (non-hydrogen) atoms. The molecule has 0 saturated heterocycles. The Hall–Kier alpha value is -2.20. The Morgan fingerprint density at radius 1 is 1.06 bits per heavy atom. The van der Waals surface area contributed by atoms with E-state index in [2.05, 4.69) is 0 Å². The SMILES string of the molecule is CN(NC(=O)c1ccc(C(F)=CC(c2cc(Cl)c(Cl)c(Cl)c2)C(F)(F)F)cc1Cl)C(=O)O. The fraction of sp³-hybridized carbons (Fsp3) is 0.158. The van der Waals surface area contributed by atoms with Gasteiger partial charge in [0.05, 0.1) is 25.7 Å². The van der Waals surface area contributed by atoms with Crippen molar-refractivity contribution in [3.05, 3.63) is 73.2 Å². The molecule has 0 heterocycles. The molecule has 2 amide bonds. The molecule has 0 spiro atoms. The van der Waals surface area contributed by atoms with Gasteiger partial charge in [-0.15, -0.1) is 0 Å². The zero-order valence-electron chi connectivity index (χ0n) is 15.8. The van der Waals surface area contributed by atoms with Crippen molar-refractivity contribution in [1.29, 1.82) is 0 Å². The van der Waals surface area contributed by atoms with E-state index in [1.165, 1.54) is 0 Å². The molecule has 0 radical (unpaired) electrons. The van der Waals surface area contributed by atoms with Crippen LogP contribution in [0.15, 0.2) is 36.4 Å². The highest BCUT2D eigenvalue weighted by Gasteiger charge is 2.40. The van der Waals surface area contributed by atoms with E-state index in [9.17, 15) is 27.2 Å². The molecule has 13 heteroatoms. The molecular weight excluding hydrogens is 522 g/mol. The summed E-state index contributed by atoms with van der Waals surface area (Å²) in [4.78, 5) is 22.8. The van der Waals surface area contributed by atoms with Crippen LogP contribution >= 0.6 is 46.4 Å². The number of hydrogen-bond acceptors (Lipinski definition) is 2. The monoisotopic (exact) mass is 532 g/mol. The average Bonchev–Trinajstić information content (AvgIpc) is 2.68. The van der Waals surface area contributed by atoms with Crippen LogP contribution in [0.1, 0.15) is 27.4 Å². The molecule has 1 unspecified atom stereocenters. The smallest absolute Gasteiger partial charge is 0.425 e. The summed E-state index contributed by atoms with van der Waals surface area (Å²) >= 11 is 23.3. The Labute approximate surface area is 199 Å². The van der Waals surface area contributed by atoms with Crippen LogP contribution in [-0.4, -0.2) is 35.3 Å². The molecule has 0 aliphatic carbocycles. The summed E-state index contributed by atoms with van der Waals surface area (Å²) in [6.07, 6.45) is -6.05. The Morgan fingerprint density at radius 2 is 1.62 bits per heavy atom. The number of carbonyl (C=O) groups excluding carboxylic acids is 1. The summed E-state index contributed by atoms with van der Waals surface area (Å²) < 4.78 is 55.6.